The number of carbonyl (C=O) groups excluding carboxylic acids is 2. The first kappa shape index (κ1) is 48.7. The number of nitrogens with one attached hydrogen (secondary N) is 1. The van der Waals surface area contributed by atoms with Crippen molar-refractivity contribution in [1.29, 1.82) is 0 Å². The van der Waals surface area contributed by atoms with Crippen molar-refractivity contribution in [3.63, 3.8) is 0 Å². The van der Waals surface area contributed by atoms with Crippen molar-refractivity contribution in [1.82, 2.24) is 9.88 Å². The number of allylic oxidation sites excluding steroid dienone is 2. The van der Waals surface area contributed by atoms with Crippen LogP contribution in [-0.4, -0.2) is 123 Å². The number of aliphatic hydroxyl groups is 2. The maximum absolute atomic E-state index is 14.9. The summed E-state index contributed by atoms with van der Waals surface area (Å²) in [6.45, 7) is 18.6. The van der Waals surface area contributed by atoms with Gasteiger partial charge in [-0.3, -0.25) is 14.4 Å². The number of nitrogens with zero attached hydrogens (tertiary/aromatic N) is 4. The molecule has 67 heavy (non-hydrogen) atoms. The molecule has 0 radical (unpaired) electrons. The number of likely N-dealkylation sites (N-methyl/N-ethyl adjacent to an activating group) is 1. The quantitative estimate of drug-likeness (QED) is 0.0466. The third-order valence-corrected chi connectivity index (χ3v) is 13.7. The molecule has 0 aromatic heterocycles. The summed E-state index contributed by atoms with van der Waals surface area (Å²) >= 11 is 0. The van der Waals surface area contributed by atoms with Crippen molar-refractivity contribution >= 4 is 50.8 Å². The average molecular weight is 928 g/mol. The molecule has 6 aliphatic rings. The molecule has 2 aromatic rings. The summed E-state index contributed by atoms with van der Waals surface area (Å²) < 4.78 is 30.8. The second kappa shape index (κ2) is 19.2. The van der Waals surface area contributed by atoms with Crippen molar-refractivity contribution in [3.05, 3.63) is 69.6 Å². The number of methoxy groups -OCH3 is 1. The van der Waals surface area contributed by atoms with Gasteiger partial charge in [-0.2, -0.15) is 0 Å². The van der Waals surface area contributed by atoms with Crippen LogP contribution in [0.5, 0.6) is 17.2 Å². The molecule has 1 amide bonds. The number of phenols is 2. The molecule has 0 unspecified atom stereocenters. The van der Waals surface area contributed by atoms with Crippen LogP contribution < -0.4 is 20.4 Å². The molecule has 18 heteroatoms. The molecule has 1 fully saturated rings. The van der Waals surface area contributed by atoms with Gasteiger partial charge in [0.1, 0.15) is 40.3 Å². The van der Waals surface area contributed by atoms with Gasteiger partial charge >= 0.3 is 5.97 Å². The highest BCUT2D eigenvalue weighted by Crippen LogP contribution is 2.51. The van der Waals surface area contributed by atoms with Gasteiger partial charge in [-0.15, -0.1) is 0 Å². The van der Waals surface area contributed by atoms with E-state index >= 15 is 0 Å². The van der Waals surface area contributed by atoms with Gasteiger partial charge < -0.3 is 64.1 Å². The summed E-state index contributed by atoms with van der Waals surface area (Å²) in [5.41, 5.74) is -0.564. The van der Waals surface area contributed by atoms with E-state index in [9.17, 15) is 40.0 Å². The molecule has 5 heterocycles. The number of oxime groups is 1. The summed E-state index contributed by atoms with van der Waals surface area (Å²) in [5.74, 6) is -6.77. The smallest absolute Gasteiger partial charge is 0.302 e. The Kier molecular flexibility index (Phi) is 13.9. The third-order valence-electron chi connectivity index (χ3n) is 13.7. The number of amides is 1. The highest BCUT2D eigenvalue weighted by Gasteiger charge is 2.49. The van der Waals surface area contributed by atoms with E-state index in [0.29, 0.717) is 18.8 Å². The molecule has 5 bridgehead atoms. The van der Waals surface area contributed by atoms with Crippen LogP contribution >= 0.6 is 0 Å². The fourth-order valence-electron chi connectivity index (χ4n) is 9.54. The number of ether oxygens (including phenoxy) is 4. The zero-order valence-corrected chi connectivity index (χ0v) is 39.5. The number of aromatic hydroxyl groups is 2. The molecular formula is C49H61N5O13. The topological polar surface area (TPSA) is 246 Å². The van der Waals surface area contributed by atoms with Crippen LogP contribution in [0.2, 0.25) is 0 Å². The molecule has 6 N–H and O–H groups in total. The Morgan fingerprint density at radius 3 is 2.34 bits per heavy atom. The Balaban J connectivity index is 1.46. The molecule has 1 aliphatic carbocycles. The first-order valence-corrected chi connectivity index (χ1v) is 22.6. The van der Waals surface area contributed by atoms with Crippen LogP contribution in [0.25, 0.3) is 33.3 Å². The average Bonchev–Trinajstić information content (AvgIpc) is 3.61. The number of piperazine rings is 1. The van der Waals surface area contributed by atoms with Gasteiger partial charge in [0.25, 0.3) is 11.7 Å². The number of hydrogen-bond acceptors (Lipinski definition) is 17. The second-order valence-corrected chi connectivity index (χ2v) is 18.1. The van der Waals surface area contributed by atoms with Crippen molar-refractivity contribution < 1.29 is 58.6 Å². The molecule has 1 saturated heterocycles. The first-order chi connectivity index (χ1) is 31.8. The summed E-state index contributed by atoms with van der Waals surface area (Å²) in [6, 6.07) is 3.28. The first-order valence-electron chi connectivity index (χ1n) is 22.6. The summed E-state index contributed by atoms with van der Waals surface area (Å²) in [6.07, 6.45) is 3.59. The lowest BCUT2D eigenvalue weighted by molar-refractivity contribution is -0.160. The number of esters is 1. The monoisotopic (exact) mass is 927 g/mol. The molecule has 0 spiro atoms. The van der Waals surface area contributed by atoms with E-state index in [-0.39, 0.29) is 72.9 Å². The lowest BCUT2D eigenvalue weighted by atomic mass is 9.78. The van der Waals surface area contributed by atoms with Gasteiger partial charge in [-0.1, -0.05) is 58.0 Å². The highest BCUT2D eigenvalue weighted by atomic mass is 16.7. The molecule has 9 atom stereocenters. The van der Waals surface area contributed by atoms with Gasteiger partial charge in [0, 0.05) is 105 Å². The van der Waals surface area contributed by atoms with Gasteiger partial charge in [0.05, 0.1) is 35.5 Å². The number of anilines is 2. The number of fused-ring (bicyclic) bond motifs is 14. The van der Waals surface area contributed by atoms with Crippen LogP contribution in [0, 0.1) is 30.6 Å². The number of benzene rings is 3. The fraction of sp³-hybridized carbons (Fsp3) is 0.490. The SMILES string of the molecule is CCN1CCN(c2cc(O)c3nc4c5c6c7c(C)c(O)c5c(=O)c(c-4oc3c2)NC(=O)/C(C)=C\C=C\[C@H](C)[C@H](O)[C@@H](C)[C@@H](O)[C@@H](C)[C@H](OC(C)=O)[C@H](C)[C@@H](OC)/C=C/O[C@@](C)(O7)/C6=N\O)CC1. The molecule has 8 rings (SSSR count). The van der Waals surface area contributed by atoms with Crippen molar-refractivity contribution in [2.45, 2.75) is 92.5 Å². The maximum Gasteiger partial charge on any atom is 0.302 e. The van der Waals surface area contributed by atoms with E-state index in [1.807, 2.05) is 0 Å². The Morgan fingerprint density at radius 2 is 1.70 bits per heavy atom. The van der Waals surface area contributed by atoms with Gasteiger partial charge in [-0.25, -0.2) is 4.98 Å². The minimum atomic E-state index is -1.93. The van der Waals surface area contributed by atoms with E-state index in [4.69, 9.17) is 28.3 Å². The Bertz CT molecular complexity index is 2720. The van der Waals surface area contributed by atoms with Crippen molar-refractivity contribution in [2.24, 2.45) is 28.8 Å². The van der Waals surface area contributed by atoms with Gasteiger partial charge in [0.2, 0.25) is 5.43 Å². The van der Waals surface area contributed by atoms with E-state index in [1.54, 1.807) is 52.0 Å². The number of hydrogen-bond donors (Lipinski definition) is 6. The minimum Gasteiger partial charge on any atom is -0.507 e. The van der Waals surface area contributed by atoms with E-state index in [1.165, 1.54) is 53.2 Å². The van der Waals surface area contributed by atoms with E-state index < -0.39 is 76.9 Å². The summed E-state index contributed by atoms with van der Waals surface area (Å²) in [5, 5.41) is 63.3. The summed E-state index contributed by atoms with van der Waals surface area (Å²) in [4.78, 5) is 50.7. The minimum absolute atomic E-state index is 0.00597. The summed E-state index contributed by atoms with van der Waals surface area (Å²) in [7, 11) is 1.45. The maximum atomic E-state index is 14.9. The molecule has 18 nitrogen and oxygen atoms in total. The second-order valence-electron chi connectivity index (χ2n) is 18.1. The number of aliphatic hydroxyl groups excluding tert-OH is 2. The zero-order valence-electron chi connectivity index (χ0n) is 39.5. The van der Waals surface area contributed by atoms with Crippen LogP contribution in [0.15, 0.2) is 62.6 Å². The fourth-order valence-corrected chi connectivity index (χ4v) is 9.54. The van der Waals surface area contributed by atoms with Crippen molar-refractivity contribution in [2.75, 3.05) is 50.1 Å². The highest BCUT2D eigenvalue weighted by molar-refractivity contribution is 6.24. The normalized spacial score (nSPS) is 30.3. The lowest BCUT2D eigenvalue weighted by Crippen LogP contribution is -2.46. The van der Waals surface area contributed by atoms with E-state index in [0.717, 1.165) is 19.6 Å². The predicted molar refractivity (Wildman–Crippen MR) is 251 cm³/mol. The number of rotatable bonds is 4. The van der Waals surface area contributed by atoms with Crippen LogP contribution in [0.3, 0.4) is 0 Å². The number of carbonyl (C=O) groups is 2. The largest absolute Gasteiger partial charge is 0.507 e. The third kappa shape index (κ3) is 8.90. The zero-order chi connectivity index (χ0) is 48.8. The van der Waals surface area contributed by atoms with Crippen LogP contribution in [0.4, 0.5) is 11.4 Å². The van der Waals surface area contributed by atoms with Gasteiger partial charge in [0.15, 0.2) is 17.1 Å². The predicted octanol–water partition coefficient (Wildman–Crippen LogP) is 5.79. The molecule has 0 saturated carbocycles. The number of aromatic nitrogens is 1. The van der Waals surface area contributed by atoms with E-state index in [2.05, 4.69) is 27.2 Å². The molecule has 360 valence electrons. The van der Waals surface area contributed by atoms with Crippen LogP contribution in [0.1, 0.15) is 66.5 Å². The Labute approximate surface area is 388 Å². The van der Waals surface area contributed by atoms with Crippen molar-refractivity contribution in [3.8, 4) is 28.7 Å². The Hall–Kier alpha value is -6.21. The van der Waals surface area contributed by atoms with Gasteiger partial charge in [-0.05, 0) is 26.5 Å². The Morgan fingerprint density at radius 1 is 1.00 bits per heavy atom. The number of phenolic OH excluding ortho intramolecular Hbond substituents is 2. The standard InChI is InChI=1S/C49H61N5O13/c1-11-53-16-18-54(19-17-53)30-21-31(56)37-33(22-30)66-46-38(50-37)34-35-42(59)28(7)45-36(34)47(52-62)49(9,67-45)64-20-15-32(63-10)25(4)44(65-29(8)55)27(6)41(58)26(5)40(57)23(2)13-12-14-24(3)48(61)51-39(46)43(35)60/h12-15,20-23,25-27,32,40-41,44,56-59,62H,11,16-19H2,1-10H3,(H,51,61)/b13-12+,20-15+,24-14-,52-47-/t23-,25+,26+,27+,32-,40-,41+,44+,49-/m0/s1. The van der Waals surface area contributed by atoms with Crippen LogP contribution in [-0.2, 0) is 23.8 Å². The lowest BCUT2D eigenvalue weighted by Gasteiger charge is -2.38. The molecule has 2 aromatic carbocycles. The molecular weight excluding hydrogens is 867 g/mol. The molecule has 5 aliphatic heterocycles.